The Morgan fingerprint density at radius 2 is 1.89 bits per heavy atom. The van der Waals surface area contributed by atoms with Crippen molar-refractivity contribution >= 4 is 0 Å². The highest BCUT2D eigenvalue weighted by Gasteiger charge is 2.21. The average Bonchev–Trinajstić information content (AvgIpc) is 2.45. The van der Waals surface area contributed by atoms with Gasteiger partial charge >= 0.3 is 5.69 Å². The van der Waals surface area contributed by atoms with Crippen molar-refractivity contribution in [2.75, 3.05) is 0 Å². The van der Waals surface area contributed by atoms with Gasteiger partial charge in [-0.3, -0.25) is 13.9 Å². The first-order valence-corrected chi connectivity index (χ1v) is 6.51. The molecule has 0 spiro atoms. The second-order valence-electron chi connectivity index (χ2n) is 5.07. The summed E-state index contributed by atoms with van der Waals surface area (Å²) < 4.78 is 2.90. The molecule has 0 radical (unpaired) electrons. The lowest BCUT2D eigenvalue weighted by Gasteiger charge is -2.26. The maximum atomic E-state index is 12.0. The molecule has 0 aliphatic carbocycles. The lowest BCUT2D eigenvalue weighted by atomic mass is 9.88. The molecule has 1 aliphatic rings. The Hall–Kier alpha value is -2.10. The third-order valence-electron chi connectivity index (χ3n) is 3.91. The molecule has 3 rings (SSSR count). The lowest BCUT2D eigenvalue weighted by Crippen LogP contribution is -2.41. The van der Waals surface area contributed by atoms with E-state index in [0.717, 1.165) is 18.5 Å². The first-order valence-electron chi connectivity index (χ1n) is 6.51. The predicted molar refractivity (Wildman–Crippen MR) is 73.4 cm³/mol. The molecule has 0 saturated carbocycles. The van der Waals surface area contributed by atoms with Crippen LogP contribution in [0.5, 0.6) is 0 Å². The van der Waals surface area contributed by atoms with Crippen LogP contribution < -0.4 is 11.2 Å². The Balaban J connectivity index is 2.02. The van der Waals surface area contributed by atoms with E-state index < -0.39 is 0 Å². The van der Waals surface area contributed by atoms with Gasteiger partial charge in [0.25, 0.3) is 5.56 Å². The van der Waals surface area contributed by atoms with Crippen LogP contribution in [0.15, 0.2) is 46.0 Å². The summed E-state index contributed by atoms with van der Waals surface area (Å²) in [5, 5.41) is 0. The number of benzene rings is 1. The molecule has 98 valence electrons. The van der Waals surface area contributed by atoms with Gasteiger partial charge in [0, 0.05) is 25.4 Å². The summed E-state index contributed by atoms with van der Waals surface area (Å²) >= 11 is 0. The van der Waals surface area contributed by atoms with Crippen molar-refractivity contribution in [3.05, 3.63) is 68.5 Å². The molecule has 0 fully saturated rings. The van der Waals surface area contributed by atoms with Gasteiger partial charge in [0.15, 0.2) is 0 Å². The quantitative estimate of drug-likeness (QED) is 0.771. The second-order valence-corrected chi connectivity index (χ2v) is 5.07. The highest BCUT2D eigenvalue weighted by atomic mass is 16.2. The average molecular weight is 256 g/mol. The van der Waals surface area contributed by atoms with Gasteiger partial charge in [0.1, 0.15) is 0 Å². The molecular weight excluding hydrogens is 240 g/mol. The van der Waals surface area contributed by atoms with Crippen LogP contribution in [0.3, 0.4) is 0 Å². The van der Waals surface area contributed by atoms with Crippen molar-refractivity contribution in [2.45, 2.75) is 25.3 Å². The van der Waals surface area contributed by atoms with E-state index in [1.54, 1.807) is 10.6 Å². The largest absolute Gasteiger partial charge is 0.330 e. The highest BCUT2D eigenvalue weighted by molar-refractivity contribution is 5.23. The fraction of sp³-hybridized carbons (Fsp3) is 0.333. The van der Waals surface area contributed by atoms with Crippen molar-refractivity contribution < 1.29 is 0 Å². The van der Waals surface area contributed by atoms with Gasteiger partial charge < -0.3 is 0 Å². The maximum absolute atomic E-state index is 12.0. The van der Waals surface area contributed by atoms with Gasteiger partial charge in [-0.2, -0.15) is 0 Å². The van der Waals surface area contributed by atoms with Gasteiger partial charge in [0.05, 0.1) is 0 Å². The minimum atomic E-state index is -0.218. The molecule has 4 nitrogen and oxygen atoms in total. The van der Waals surface area contributed by atoms with Crippen LogP contribution >= 0.6 is 0 Å². The number of hydrogen-bond acceptors (Lipinski definition) is 2. The van der Waals surface area contributed by atoms with E-state index in [2.05, 4.69) is 12.1 Å². The van der Waals surface area contributed by atoms with Crippen molar-refractivity contribution in [2.24, 2.45) is 7.05 Å². The monoisotopic (exact) mass is 256 g/mol. The van der Waals surface area contributed by atoms with E-state index >= 15 is 0 Å². The van der Waals surface area contributed by atoms with Gasteiger partial charge in [0.2, 0.25) is 0 Å². The van der Waals surface area contributed by atoms with Crippen LogP contribution in [0.4, 0.5) is 0 Å². The highest BCUT2D eigenvalue weighted by Crippen LogP contribution is 2.27. The molecule has 2 heterocycles. The zero-order valence-electron chi connectivity index (χ0n) is 10.9. The zero-order chi connectivity index (χ0) is 13.4. The third-order valence-corrected chi connectivity index (χ3v) is 3.91. The molecule has 2 aromatic rings. The fourth-order valence-electron chi connectivity index (χ4n) is 2.77. The second kappa shape index (κ2) is 4.53. The fourth-order valence-corrected chi connectivity index (χ4v) is 2.77. The summed E-state index contributed by atoms with van der Waals surface area (Å²) in [6.45, 7) is 0.682. The van der Waals surface area contributed by atoms with Crippen LogP contribution in [0.2, 0.25) is 0 Å². The summed E-state index contributed by atoms with van der Waals surface area (Å²) in [5.74, 6) is 0.396. The smallest absolute Gasteiger partial charge is 0.298 e. The molecule has 1 aliphatic heterocycles. The van der Waals surface area contributed by atoms with E-state index in [0.29, 0.717) is 12.5 Å². The molecule has 1 aromatic carbocycles. The van der Waals surface area contributed by atoms with Gasteiger partial charge in [-0.25, -0.2) is 4.79 Å². The topological polar surface area (TPSA) is 44.0 Å². The Labute approximate surface area is 110 Å². The van der Waals surface area contributed by atoms with Gasteiger partial charge in [-0.1, -0.05) is 30.3 Å². The first-order chi connectivity index (χ1) is 9.16. The molecule has 0 unspecified atom stereocenters. The SMILES string of the molecule is Cn1c(=O)cc2n(c1=O)CC[C@@H](c1ccccc1)C2. The Morgan fingerprint density at radius 3 is 2.63 bits per heavy atom. The Bertz CT molecular complexity index is 713. The van der Waals surface area contributed by atoms with Crippen LogP contribution in [0.1, 0.15) is 23.6 Å². The van der Waals surface area contributed by atoms with Crippen molar-refractivity contribution in [3.8, 4) is 0 Å². The molecule has 19 heavy (non-hydrogen) atoms. The number of rotatable bonds is 1. The number of hydrogen-bond donors (Lipinski definition) is 0. The van der Waals surface area contributed by atoms with Crippen LogP contribution in [0.25, 0.3) is 0 Å². The van der Waals surface area contributed by atoms with Gasteiger partial charge in [-0.15, -0.1) is 0 Å². The molecule has 0 bridgehead atoms. The number of fused-ring (bicyclic) bond motifs is 1. The molecule has 1 aromatic heterocycles. The first kappa shape index (κ1) is 12.0. The summed E-state index contributed by atoms with van der Waals surface area (Å²) in [4.78, 5) is 23.7. The summed E-state index contributed by atoms with van der Waals surface area (Å²) in [6, 6.07) is 11.9. The molecule has 4 heteroatoms. The number of aromatic nitrogens is 2. The lowest BCUT2D eigenvalue weighted by molar-refractivity contribution is 0.440. The van der Waals surface area contributed by atoms with Gasteiger partial charge in [-0.05, 0) is 24.3 Å². The van der Waals surface area contributed by atoms with Crippen molar-refractivity contribution in [1.29, 1.82) is 0 Å². The van der Waals surface area contributed by atoms with Crippen LogP contribution in [0, 0.1) is 0 Å². The van der Waals surface area contributed by atoms with E-state index in [9.17, 15) is 9.59 Å². The Kier molecular flexibility index (Phi) is 2.85. The van der Waals surface area contributed by atoms with E-state index in [-0.39, 0.29) is 11.2 Å². The zero-order valence-corrected chi connectivity index (χ0v) is 10.9. The summed E-state index contributed by atoms with van der Waals surface area (Å²) in [5.41, 5.74) is 1.72. The van der Waals surface area contributed by atoms with Crippen LogP contribution in [-0.2, 0) is 20.0 Å². The molecule has 0 amide bonds. The number of nitrogens with zero attached hydrogens (tertiary/aromatic N) is 2. The molecule has 0 N–H and O–H groups in total. The maximum Gasteiger partial charge on any atom is 0.330 e. The summed E-state index contributed by atoms with van der Waals surface area (Å²) in [7, 11) is 1.53. The standard InChI is InChI=1S/C15H16N2O2/c1-16-14(18)10-13-9-12(7-8-17(13)15(16)19)11-5-3-2-4-6-11/h2-6,10,12H,7-9H2,1H3/t12-/m1/s1. The normalized spacial score (nSPS) is 18.1. The van der Waals surface area contributed by atoms with E-state index in [1.807, 2.05) is 18.2 Å². The molecule has 0 saturated heterocycles. The van der Waals surface area contributed by atoms with Crippen molar-refractivity contribution in [1.82, 2.24) is 9.13 Å². The molecular formula is C15H16N2O2. The van der Waals surface area contributed by atoms with Crippen molar-refractivity contribution in [3.63, 3.8) is 0 Å². The molecule has 1 atom stereocenters. The third kappa shape index (κ3) is 2.03. The van der Waals surface area contributed by atoms with E-state index in [1.165, 1.54) is 17.2 Å². The predicted octanol–water partition coefficient (Wildman–Crippen LogP) is 1.28. The van der Waals surface area contributed by atoms with Crippen LogP contribution in [-0.4, -0.2) is 9.13 Å². The summed E-state index contributed by atoms with van der Waals surface area (Å²) in [6.07, 6.45) is 1.70. The van der Waals surface area contributed by atoms with E-state index in [4.69, 9.17) is 0 Å². The minimum absolute atomic E-state index is 0.200. The minimum Gasteiger partial charge on any atom is -0.298 e. The Morgan fingerprint density at radius 1 is 1.16 bits per heavy atom.